The number of nitro benzene ring substituents is 1. The number of nitrogens with one attached hydrogen (secondary N) is 2. The zero-order valence-corrected chi connectivity index (χ0v) is 15.6. The number of amides is 1. The summed E-state index contributed by atoms with van der Waals surface area (Å²) in [5.41, 5.74) is 2.50. The molecule has 0 bridgehead atoms. The lowest BCUT2D eigenvalue weighted by molar-refractivity contribution is -0.384. The van der Waals surface area contributed by atoms with Gasteiger partial charge in [-0.2, -0.15) is 0 Å². The van der Waals surface area contributed by atoms with Gasteiger partial charge in [-0.3, -0.25) is 20.2 Å². The molecule has 2 rings (SSSR count). The van der Waals surface area contributed by atoms with E-state index in [0.29, 0.717) is 10.2 Å². The fourth-order valence-corrected chi connectivity index (χ4v) is 2.55. The van der Waals surface area contributed by atoms with Crippen LogP contribution in [0.3, 0.4) is 0 Å². The fraction of sp³-hybridized carbons (Fsp3) is 0.0588. The molecule has 0 spiro atoms. The lowest BCUT2D eigenvalue weighted by Crippen LogP contribution is -2.32. The molecule has 0 aliphatic heterocycles. The lowest BCUT2D eigenvalue weighted by Gasteiger charge is -2.09. The van der Waals surface area contributed by atoms with Crippen molar-refractivity contribution in [3.8, 4) is 0 Å². The SMILES string of the molecule is Cc1ccc(C=CC(=O)NC(=S)Nc2ccc([N+](=O)[O-])cc2Br)cc1. The van der Waals surface area contributed by atoms with E-state index in [0.717, 1.165) is 11.1 Å². The van der Waals surface area contributed by atoms with E-state index in [9.17, 15) is 14.9 Å². The van der Waals surface area contributed by atoms with Crippen LogP contribution in [0.25, 0.3) is 6.08 Å². The predicted octanol–water partition coefficient (Wildman–Crippen LogP) is 4.19. The molecule has 0 aliphatic rings. The number of halogens is 1. The van der Waals surface area contributed by atoms with E-state index in [1.54, 1.807) is 6.08 Å². The normalized spacial score (nSPS) is 10.5. The standard InChI is InChI=1S/C17H14BrN3O3S/c1-11-2-4-12(5-3-11)6-9-16(22)20-17(25)19-15-8-7-13(21(23)24)10-14(15)18/h2-10H,1H3,(H2,19,20,22,25). The molecule has 0 unspecified atom stereocenters. The Morgan fingerprint density at radius 3 is 2.52 bits per heavy atom. The summed E-state index contributed by atoms with van der Waals surface area (Å²) in [6, 6.07) is 11.9. The highest BCUT2D eigenvalue weighted by Gasteiger charge is 2.10. The second-order valence-electron chi connectivity index (χ2n) is 5.11. The van der Waals surface area contributed by atoms with Crippen LogP contribution < -0.4 is 10.6 Å². The maximum Gasteiger partial charge on any atom is 0.270 e. The first-order valence-electron chi connectivity index (χ1n) is 7.16. The Hall–Kier alpha value is -2.58. The van der Waals surface area contributed by atoms with Gasteiger partial charge >= 0.3 is 0 Å². The van der Waals surface area contributed by atoms with Gasteiger partial charge in [-0.1, -0.05) is 29.8 Å². The molecule has 2 aromatic carbocycles. The summed E-state index contributed by atoms with van der Waals surface area (Å²) in [6.07, 6.45) is 3.06. The van der Waals surface area contributed by atoms with Gasteiger partial charge in [0.05, 0.1) is 10.6 Å². The predicted molar refractivity (Wildman–Crippen MR) is 105 cm³/mol. The molecule has 0 atom stereocenters. The van der Waals surface area contributed by atoms with Crippen molar-refractivity contribution >= 4 is 56.6 Å². The first-order valence-corrected chi connectivity index (χ1v) is 8.36. The van der Waals surface area contributed by atoms with Gasteiger partial charge in [0.1, 0.15) is 0 Å². The van der Waals surface area contributed by atoms with Crippen molar-refractivity contribution in [1.82, 2.24) is 5.32 Å². The number of benzene rings is 2. The molecule has 6 nitrogen and oxygen atoms in total. The number of anilines is 1. The van der Waals surface area contributed by atoms with E-state index in [2.05, 4.69) is 26.6 Å². The van der Waals surface area contributed by atoms with Gasteiger partial charge in [0, 0.05) is 22.7 Å². The molecular formula is C17H14BrN3O3S. The molecule has 1 amide bonds. The Morgan fingerprint density at radius 1 is 1.24 bits per heavy atom. The molecule has 0 saturated carbocycles. The summed E-state index contributed by atoms with van der Waals surface area (Å²) in [5, 5.41) is 16.1. The maximum atomic E-state index is 11.9. The molecule has 0 fully saturated rings. The number of hydrogen-bond donors (Lipinski definition) is 2. The Labute approximate surface area is 158 Å². The molecule has 0 aliphatic carbocycles. The van der Waals surface area contributed by atoms with Gasteiger partial charge < -0.3 is 5.32 Å². The van der Waals surface area contributed by atoms with Gasteiger partial charge in [0.15, 0.2) is 5.11 Å². The average molecular weight is 420 g/mol. The van der Waals surface area contributed by atoms with Crippen LogP contribution in [-0.2, 0) is 4.79 Å². The number of hydrogen-bond acceptors (Lipinski definition) is 4. The van der Waals surface area contributed by atoms with Gasteiger partial charge in [0.2, 0.25) is 5.91 Å². The Morgan fingerprint density at radius 2 is 1.92 bits per heavy atom. The molecule has 2 aromatic rings. The fourth-order valence-electron chi connectivity index (χ4n) is 1.88. The van der Waals surface area contributed by atoms with Crippen molar-refractivity contribution in [2.24, 2.45) is 0 Å². The van der Waals surface area contributed by atoms with Crippen LogP contribution in [0.5, 0.6) is 0 Å². The third-order valence-electron chi connectivity index (χ3n) is 3.15. The van der Waals surface area contributed by atoms with Gasteiger partial charge in [-0.05, 0) is 52.8 Å². The van der Waals surface area contributed by atoms with Crippen molar-refractivity contribution in [2.75, 3.05) is 5.32 Å². The van der Waals surface area contributed by atoms with E-state index in [4.69, 9.17) is 12.2 Å². The largest absolute Gasteiger partial charge is 0.331 e. The zero-order chi connectivity index (χ0) is 18.4. The summed E-state index contributed by atoms with van der Waals surface area (Å²) in [6.45, 7) is 1.99. The van der Waals surface area contributed by atoms with Crippen molar-refractivity contribution in [3.63, 3.8) is 0 Å². The number of carbonyl (C=O) groups is 1. The topological polar surface area (TPSA) is 84.3 Å². The van der Waals surface area contributed by atoms with Crippen LogP contribution in [0.15, 0.2) is 53.0 Å². The maximum absolute atomic E-state index is 11.9. The van der Waals surface area contributed by atoms with Crippen molar-refractivity contribution in [1.29, 1.82) is 0 Å². The third kappa shape index (κ3) is 5.77. The number of carbonyl (C=O) groups excluding carboxylic acids is 1. The van der Waals surface area contributed by atoms with Crippen LogP contribution in [0.4, 0.5) is 11.4 Å². The molecule has 0 heterocycles. The van der Waals surface area contributed by atoms with E-state index in [1.807, 2.05) is 31.2 Å². The quantitative estimate of drug-likeness (QED) is 0.335. The van der Waals surface area contributed by atoms with Crippen LogP contribution in [0.1, 0.15) is 11.1 Å². The van der Waals surface area contributed by atoms with Crippen LogP contribution in [0.2, 0.25) is 0 Å². The number of nitrogens with zero attached hydrogens (tertiary/aromatic N) is 1. The minimum Gasteiger partial charge on any atom is -0.331 e. The first kappa shape index (κ1) is 18.8. The Balaban J connectivity index is 1.94. The van der Waals surface area contributed by atoms with Crippen molar-refractivity contribution in [2.45, 2.75) is 6.92 Å². The van der Waals surface area contributed by atoms with E-state index in [-0.39, 0.29) is 16.7 Å². The molecule has 0 saturated heterocycles. The van der Waals surface area contributed by atoms with Gasteiger partial charge in [-0.15, -0.1) is 0 Å². The number of nitro groups is 1. The van der Waals surface area contributed by atoms with Gasteiger partial charge in [0.25, 0.3) is 5.69 Å². The van der Waals surface area contributed by atoms with E-state index >= 15 is 0 Å². The zero-order valence-electron chi connectivity index (χ0n) is 13.2. The Bertz CT molecular complexity index is 851. The highest BCUT2D eigenvalue weighted by atomic mass is 79.9. The molecular weight excluding hydrogens is 406 g/mol. The lowest BCUT2D eigenvalue weighted by atomic mass is 10.1. The summed E-state index contributed by atoms with van der Waals surface area (Å²) in [7, 11) is 0. The number of rotatable bonds is 4. The third-order valence-corrected chi connectivity index (χ3v) is 4.01. The smallest absolute Gasteiger partial charge is 0.270 e. The van der Waals surface area contributed by atoms with E-state index < -0.39 is 4.92 Å². The summed E-state index contributed by atoms with van der Waals surface area (Å²) in [4.78, 5) is 22.1. The second-order valence-corrected chi connectivity index (χ2v) is 6.37. The molecule has 0 radical (unpaired) electrons. The Kier molecular flexibility index (Phi) is 6.37. The summed E-state index contributed by atoms with van der Waals surface area (Å²) in [5.74, 6) is -0.379. The average Bonchev–Trinajstić information content (AvgIpc) is 2.56. The monoisotopic (exact) mass is 419 g/mol. The first-order chi connectivity index (χ1) is 11.8. The van der Waals surface area contributed by atoms with Crippen molar-refractivity contribution in [3.05, 3.63) is 74.3 Å². The minimum absolute atomic E-state index is 0.0478. The summed E-state index contributed by atoms with van der Waals surface area (Å²) < 4.78 is 0.466. The van der Waals surface area contributed by atoms with Crippen molar-refractivity contribution < 1.29 is 9.72 Å². The number of thiocarbonyl (C=S) groups is 1. The highest BCUT2D eigenvalue weighted by Crippen LogP contribution is 2.26. The molecule has 0 aromatic heterocycles. The van der Waals surface area contributed by atoms with Gasteiger partial charge in [-0.25, -0.2) is 0 Å². The number of aryl methyl sites for hydroxylation is 1. The minimum atomic E-state index is -0.496. The molecule has 128 valence electrons. The molecule has 2 N–H and O–H groups in total. The van der Waals surface area contributed by atoms with E-state index in [1.165, 1.54) is 24.3 Å². The van der Waals surface area contributed by atoms with Crippen LogP contribution >= 0.6 is 28.1 Å². The second kappa shape index (κ2) is 8.50. The highest BCUT2D eigenvalue weighted by molar-refractivity contribution is 9.10. The molecule has 8 heteroatoms. The molecule has 25 heavy (non-hydrogen) atoms. The number of non-ortho nitro benzene ring substituents is 1. The summed E-state index contributed by atoms with van der Waals surface area (Å²) >= 11 is 8.30. The van der Waals surface area contributed by atoms with Crippen LogP contribution in [0, 0.1) is 17.0 Å². The van der Waals surface area contributed by atoms with Crippen LogP contribution in [-0.4, -0.2) is 15.9 Å².